The van der Waals surface area contributed by atoms with E-state index < -0.39 is 29.7 Å². The fourth-order valence-corrected chi connectivity index (χ4v) is 18.6. The maximum absolute atomic E-state index is 16.3. The minimum absolute atomic E-state index is 0.182. The first-order valence-electron chi connectivity index (χ1n) is 18.6. The summed E-state index contributed by atoms with van der Waals surface area (Å²) in [5.41, 5.74) is 4.69. The van der Waals surface area contributed by atoms with Crippen LogP contribution in [-0.4, -0.2) is 29.7 Å². The molecule has 2 aromatic carbocycles. The number of carbonyl (C=O) groups is 4. The molecule has 0 unspecified atom stereocenters. The van der Waals surface area contributed by atoms with Gasteiger partial charge in [-0.05, 0) is 176 Å². The lowest BCUT2D eigenvalue weighted by molar-refractivity contribution is -0.140. The fraction of sp³-hybridized carbons (Fsp3) is 0.619. The SMILES string of the molecule is Cc1cc(C)c(C(=O)[Si](C(=O)c2c(C)cc(C)cc2C)(C(=O)C23CC4CC(CC(C4)C2)C3)C(=O)C23CC4CC(CC(C4)C2)C3)c(C)c1. The number of hydrogen-bond acceptors (Lipinski definition) is 4. The predicted molar refractivity (Wildman–Crippen MR) is 187 cm³/mol. The van der Waals surface area contributed by atoms with E-state index in [-0.39, 0.29) is 10.8 Å². The molecule has 0 radical (unpaired) electrons. The lowest BCUT2D eigenvalue weighted by Gasteiger charge is -2.59. The van der Waals surface area contributed by atoms with Gasteiger partial charge in [-0.3, -0.25) is 9.59 Å². The van der Waals surface area contributed by atoms with E-state index in [1.165, 1.54) is 0 Å². The van der Waals surface area contributed by atoms with Crippen molar-refractivity contribution in [3.05, 3.63) is 68.8 Å². The van der Waals surface area contributed by atoms with Crippen LogP contribution in [0.15, 0.2) is 24.3 Å². The molecule has 0 heterocycles. The maximum atomic E-state index is 16.3. The van der Waals surface area contributed by atoms with Crippen molar-refractivity contribution in [3.63, 3.8) is 0 Å². The maximum Gasteiger partial charge on any atom is 0.360 e. The quantitative estimate of drug-likeness (QED) is 0.269. The van der Waals surface area contributed by atoms with E-state index in [1.807, 2.05) is 65.8 Å². The van der Waals surface area contributed by atoms with Gasteiger partial charge >= 0.3 is 8.07 Å². The van der Waals surface area contributed by atoms with Crippen LogP contribution in [0.1, 0.15) is 131 Å². The molecular weight excluding hydrogens is 597 g/mol. The molecule has 47 heavy (non-hydrogen) atoms. The summed E-state index contributed by atoms with van der Waals surface area (Å²) in [5, 5.41) is -1.14. The van der Waals surface area contributed by atoms with E-state index in [0.29, 0.717) is 46.6 Å². The molecular formula is C42H52O4Si. The van der Waals surface area contributed by atoms with Gasteiger partial charge in [0.25, 0.3) is 0 Å². The highest BCUT2D eigenvalue weighted by atomic mass is 28.3. The van der Waals surface area contributed by atoms with Gasteiger partial charge in [0, 0.05) is 22.0 Å². The molecule has 8 fully saturated rings. The molecule has 8 aliphatic carbocycles. The third-order valence-corrected chi connectivity index (χ3v) is 18.5. The molecule has 2 aromatic rings. The number of hydrogen-bond donors (Lipinski definition) is 0. The molecule has 0 aliphatic heterocycles. The van der Waals surface area contributed by atoms with Crippen LogP contribution < -0.4 is 0 Å². The minimum atomic E-state index is -4.78. The molecule has 8 aliphatic rings. The Morgan fingerprint density at radius 2 is 0.702 bits per heavy atom. The Balaban J connectivity index is 1.42. The summed E-state index contributed by atoms with van der Waals surface area (Å²) in [6, 6.07) is 7.99. The van der Waals surface area contributed by atoms with Crippen LogP contribution in [0.5, 0.6) is 0 Å². The van der Waals surface area contributed by atoms with Gasteiger partial charge in [0.2, 0.25) is 0 Å². The molecule has 0 aromatic heterocycles. The van der Waals surface area contributed by atoms with E-state index >= 15 is 19.2 Å². The van der Waals surface area contributed by atoms with Crippen molar-refractivity contribution in [2.24, 2.45) is 46.3 Å². The van der Waals surface area contributed by atoms with Gasteiger partial charge < -0.3 is 9.59 Å². The van der Waals surface area contributed by atoms with Crippen molar-refractivity contribution < 1.29 is 19.2 Å². The lowest BCUT2D eigenvalue weighted by Crippen LogP contribution is -2.75. The smallest absolute Gasteiger partial charge is 0.303 e. The molecule has 0 amide bonds. The molecule has 10 rings (SSSR count). The van der Waals surface area contributed by atoms with Gasteiger partial charge in [-0.15, -0.1) is 0 Å². The van der Waals surface area contributed by atoms with Crippen molar-refractivity contribution in [1.29, 1.82) is 0 Å². The second-order valence-electron chi connectivity index (χ2n) is 18.0. The highest BCUT2D eigenvalue weighted by Gasteiger charge is 2.73. The molecule has 8 bridgehead atoms. The second-order valence-corrected chi connectivity index (χ2v) is 21.3. The molecule has 4 nitrogen and oxygen atoms in total. The normalized spacial score (nSPS) is 34.9. The molecule has 248 valence electrons. The summed E-state index contributed by atoms with van der Waals surface area (Å²) in [5.74, 6) is 2.76. The van der Waals surface area contributed by atoms with E-state index in [4.69, 9.17) is 0 Å². The van der Waals surface area contributed by atoms with E-state index in [2.05, 4.69) is 0 Å². The Bertz CT molecular complexity index is 1500. The molecule has 0 spiro atoms. The number of rotatable bonds is 8. The van der Waals surface area contributed by atoms with Gasteiger partial charge in [0.05, 0.1) is 0 Å². The Morgan fingerprint density at radius 3 is 0.936 bits per heavy atom. The minimum Gasteiger partial charge on any atom is -0.303 e. The third kappa shape index (κ3) is 4.57. The highest BCUT2D eigenvalue weighted by molar-refractivity contribution is 7.55. The Labute approximate surface area is 281 Å². The predicted octanol–water partition coefficient (Wildman–Crippen LogP) is 8.78. The first-order valence-corrected chi connectivity index (χ1v) is 20.6. The summed E-state index contributed by atoms with van der Waals surface area (Å²) in [4.78, 5) is 64.5. The lowest BCUT2D eigenvalue weighted by atomic mass is 9.50. The average Bonchev–Trinajstić information content (AvgIpc) is 2.95. The van der Waals surface area contributed by atoms with Crippen LogP contribution in [0.4, 0.5) is 0 Å². The van der Waals surface area contributed by atoms with E-state index in [1.54, 1.807) is 0 Å². The molecule has 5 heteroatoms. The van der Waals surface area contributed by atoms with Crippen LogP contribution >= 0.6 is 0 Å². The Hall–Kier alpha value is -2.66. The number of benzene rings is 2. The molecule has 0 saturated heterocycles. The van der Waals surface area contributed by atoms with Crippen LogP contribution in [0.3, 0.4) is 0 Å². The van der Waals surface area contributed by atoms with Crippen LogP contribution in [0.25, 0.3) is 0 Å². The van der Waals surface area contributed by atoms with Crippen molar-refractivity contribution >= 4 is 29.7 Å². The Kier molecular flexibility index (Phi) is 7.17. The fourth-order valence-electron chi connectivity index (χ4n) is 13.6. The summed E-state index contributed by atoms with van der Waals surface area (Å²) >= 11 is 0. The third-order valence-electron chi connectivity index (χ3n) is 14.2. The number of carbonyl (C=O) groups excluding carboxylic acids is 4. The standard InChI is InChI=1S/C42H52O4Si/c1-23-7-25(3)35(26(4)8-23)37(43)47(38(44)36-27(5)9-24(2)10-28(36)6,39(45)41-17-29-11-30(18-41)13-31(12-29)19-41)40(46)42-20-32-14-33(21-42)16-34(15-32)22-42/h7-10,29-34H,11-22H2,1-6H3. The monoisotopic (exact) mass is 648 g/mol. The van der Waals surface area contributed by atoms with Crippen LogP contribution in [0.2, 0.25) is 0 Å². The van der Waals surface area contributed by atoms with Crippen LogP contribution in [0, 0.1) is 87.9 Å². The zero-order valence-electron chi connectivity index (χ0n) is 29.4. The molecule has 0 atom stereocenters. The average molecular weight is 649 g/mol. The highest BCUT2D eigenvalue weighted by Crippen LogP contribution is 2.64. The van der Waals surface area contributed by atoms with Crippen molar-refractivity contribution in [3.8, 4) is 0 Å². The zero-order chi connectivity index (χ0) is 33.2. The summed E-state index contributed by atoms with van der Waals surface area (Å²) < 4.78 is 0. The van der Waals surface area contributed by atoms with Gasteiger partial charge in [0.15, 0.2) is 10.8 Å². The first-order chi connectivity index (χ1) is 22.2. The van der Waals surface area contributed by atoms with Crippen molar-refractivity contribution in [2.75, 3.05) is 0 Å². The van der Waals surface area contributed by atoms with Crippen molar-refractivity contribution in [1.82, 2.24) is 0 Å². The Morgan fingerprint density at radius 1 is 0.468 bits per heavy atom. The summed E-state index contributed by atoms with van der Waals surface area (Å²) in [7, 11) is -4.78. The van der Waals surface area contributed by atoms with Crippen LogP contribution in [-0.2, 0) is 9.59 Å². The molecule has 0 N–H and O–H groups in total. The van der Waals surface area contributed by atoms with Gasteiger partial charge in [0.1, 0.15) is 10.8 Å². The van der Waals surface area contributed by atoms with Gasteiger partial charge in [-0.1, -0.05) is 35.4 Å². The zero-order valence-corrected chi connectivity index (χ0v) is 30.4. The first kappa shape index (κ1) is 31.6. The summed E-state index contributed by atoms with van der Waals surface area (Å²) in [6.45, 7) is 11.8. The second kappa shape index (κ2) is 10.7. The van der Waals surface area contributed by atoms with E-state index in [9.17, 15) is 0 Å². The van der Waals surface area contributed by atoms with Gasteiger partial charge in [-0.25, -0.2) is 0 Å². The summed E-state index contributed by atoms with van der Waals surface area (Å²) in [6.07, 6.45) is 11.4. The van der Waals surface area contributed by atoms with E-state index in [0.717, 1.165) is 110 Å². The largest absolute Gasteiger partial charge is 0.360 e. The van der Waals surface area contributed by atoms with Gasteiger partial charge in [-0.2, -0.15) is 0 Å². The number of aryl methyl sites for hydroxylation is 6. The molecule has 8 saturated carbocycles. The topological polar surface area (TPSA) is 68.3 Å². The van der Waals surface area contributed by atoms with Crippen molar-refractivity contribution in [2.45, 2.75) is 119 Å².